The first kappa shape index (κ1) is 22.0. The zero-order valence-electron chi connectivity index (χ0n) is 16.9. The minimum absolute atomic E-state index is 0.298. The number of rotatable bonds is 6. The highest BCUT2D eigenvalue weighted by Gasteiger charge is 2.11. The fraction of sp³-hybridized carbons (Fsp3) is 0.0417. The zero-order valence-corrected chi connectivity index (χ0v) is 19.2. The molecule has 0 unspecified atom stereocenters. The lowest BCUT2D eigenvalue weighted by Gasteiger charge is -2.05. The molecule has 4 aromatic rings. The first-order valence-electron chi connectivity index (χ1n) is 9.59. The lowest BCUT2D eigenvalue weighted by Crippen LogP contribution is -2.08. The van der Waals surface area contributed by atoms with Crippen molar-refractivity contribution in [3.63, 3.8) is 0 Å². The topological polar surface area (TPSA) is 63.6 Å². The van der Waals surface area contributed by atoms with Gasteiger partial charge in [-0.1, -0.05) is 53.5 Å². The van der Waals surface area contributed by atoms with E-state index in [9.17, 15) is 4.79 Å². The maximum absolute atomic E-state index is 12.3. The van der Waals surface area contributed by atoms with Crippen LogP contribution < -0.4 is 10.2 Å². The molecule has 0 radical (unpaired) electrons. The minimum atomic E-state index is -0.514. The Hall–Kier alpha value is -3.19. The molecule has 4 rings (SSSR count). The Kier molecular flexibility index (Phi) is 6.85. The third-order valence-corrected chi connectivity index (χ3v) is 6.08. The summed E-state index contributed by atoms with van der Waals surface area (Å²) in [6, 6.07) is 21.6. The Morgan fingerprint density at radius 1 is 1.03 bits per heavy atom. The van der Waals surface area contributed by atoms with Crippen LogP contribution in [0.3, 0.4) is 0 Å². The molecule has 0 aliphatic heterocycles. The van der Waals surface area contributed by atoms with Gasteiger partial charge in [-0.15, -0.1) is 11.3 Å². The van der Waals surface area contributed by atoms with Gasteiger partial charge in [-0.05, 0) is 55.0 Å². The molecule has 0 spiro atoms. The summed E-state index contributed by atoms with van der Waals surface area (Å²) in [6.45, 7) is 2.03. The molecule has 1 N–H and O–H groups in total. The molecule has 0 atom stereocenters. The van der Waals surface area contributed by atoms with E-state index in [1.54, 1.807) is 53.9 Å². The van der Waals surface area contributed by atoms with E-state index in [2.05, 4.69) is 15.5 Å². The Bertz CT molecular complexity index is 1270. The largest absolute Gasteiger partial charge is 0.423 e. The van der Waals surface area contributed by atoms with Gasteiger partial charge in [0, 0.05) is 10.4 Å². The molecule has 8 heteroatoms. The van der Waals surface area contributed by atoms with Crippen molar-refractivity contribution in [1.82, 2.24) is 4.98 Å². The third kappa shape index (κ3) is 5.34. The van der Waals surface area contributed by atoms with Gasteiger partial charge in [-0.3, -0.25) is 5.43 Å². The number of aryl methyl sites for hydroxylation is 1. The predicted molar refractivity (Wildman–Crippen MR) is 131 cm³/mol. The second-order valence-corrected chi connectivity index (χ2v) is 8.76. The predicted octanol–water partition coefficient (Wildman–Crippen LogP) is 7.09. The SMILES string of the molecule is Cc1sc(N/N=C\c2ccc(OC(=O)c3ccc(Cl)c(Cl)c3)cc2)nc1-c1ccccc1. The van der Waals surface area contributed by atoms with Crippen LogP contribution in [0.1, 0.15) is 20.8 Å². The van der Waals surface area contributed by atoms with E-state index < -0.39 is 5.97 Å². The van der Waals surface area contributed by atoms with Crippen molar-refractivity contribution in [3.05, 3.63) is 98.8 Å². The molecule has 0 bridgehead atoms. The van der Waals surface area contributed by atoms with Crippen molar-refractivity contribution in [1.29, 1.82) is 0 Å². The first-order chi connectivity index (χ1) is 15.5. The summed E-state index contributed by atoms with van der Waals surface area (Å²) in [6.07, 6.45) is 1.67. The molecule has 0 saturated heterocycles. The van der Waals surface area contributed by atoms with Crippen molar-refractivity contribution in [2.45, 2.75) is 6.92 Å². The lowest BCUT2D eigenvalue weighted by atomic mass is 10.1. The molecule has 0 amide bonds. The Balaban J connectivity index is 1.36. The van der Waals surface area contributed by atoms with Crippen molar-refractivity contribution in [2.75, 3.05) is 5.43 Å². The highest BCUT2D eigenvalue weighted by Crippen LogP contribution is 2.30. The third-order valence-electron chi connectivity index (χ3n) is 4.46. The summed E-state index contributed by atoms with van der Waals surface area (Å²) in [4.78, 5) is 18.0. The van der Waals surface area contributed by atoms with Gasteiger partial charge in [-0.25, -0.2) is 9.78 Å². The van der Waals surface area contributed by atoms with Crippen molar-refractivity contribution < 1.29 is 9.53 Å². The zero-order chi connectivity index (χ0) is 22.5. The molecule has 1 aromatic heterocycles. The smallest absolute Gasteiger partial charge is 0.343 e. The highest BCUT2D eigenvalue weighted by molar-refractivity contribution is 7.16. The first-order valence-corrected chi connectivity index (χ1v) is 11.2. The van der Waals surface area contributed by atoms with Gasteiger partial charge in [0.05, 0.1) is 27.5 Å². The van der Waals surface area contributed by atoms with Gasteiger partial charge in [0.15, 0.2) is 0 Å². The number of nitrogens with one attached hydrogen (secondary N) is 1. The molecule has 0 fully saturated rings. The summed E-state index contributed by atoms with van der Waals surface area (Å²) in [5.41, 5.74) is 6.15. The van der Waals surface area contributed by atoms with Gasteiger partial charge in [-0.2, -0.15) is 5.10 Å². The standard InChI is InChI=1S/C24H17Cl2N3O2S/c1-15-22(17-5-3-2-4-6-17)28-24(32-15)29-27-14-16-7-10-19(11-8-16)31-23(30)18-9-12-20(25)21(26)13-18/h2-14H,1H3,(H,28,29)/b27-14-. The van der Waals surface area contributed by atoms with Crippen LogP contribution in [0.15, 0.2) is 77.9 Å². The molecular formula is C24H17Cl2N3O2S. The number of carbonyl (C=O) groups is 1. The van der Waals surface area contributed by atoms with Crippen LogP contribution in [-0.2, 0) is 0 Å². The van der Waals surface area contributed by atoms with E-state index in [0.717, 1.165) is 21.7 Å². The molecule has 32 heavy (non-hydrogen) atoms. The Morgan fingerprint density at radius 2 is 1.78 bits per heavy atom. The number of hydrogen-bond donors (Lipinski definition) is 1. The van der Waals surface area contributed by atoms with Gasteiger partial charge in [0.1, 0.15) is 5.75 Å². The second-order valence-electron chi connectivity index (χ2n) is 6.75. The Labute approximate surface area is 199 Å². The normalized spacial score (nSPS) is 11.0. The number of hydrogen-bond acceptors (Lipinski definition) is 6. The number of ether oxygens (including phenoxy) is 1. The second kappa shape index (κ2) is 9.96. The van der Waals surface area contributed by atoms with Crippen LogP contribution >= 0.6 is 34.5 Å². The fourth-order valence-corrected chi connectivity index (χ4v) is 3.96. The summed E-state index contributed by atoms with van der Waals surface area (Å²) < 4.78 is 5.37. The van der Waals surface area contributed by atoms with Crippen molar-refractivity contribution >= 4 is 51.9 Å². The molecule has 5 nitrogen and oxygen atoms in total. The average molecular weight is 482 g/mol. The molecule has 160 valence electrons. The number of thiazole rings is 1. The summed E-state index contributed by atoms with van der Waals surface area (Å²) in [5.74, 6) is -0.103. The monoisotopic (exact) mass is 481 g/mol. The van der Waals surface area contributed by atoms with Crippen LogP contribution in [0.4, 0.5) is 5.13 Å². The van der Waals surface area contributed by atoms with Crippen LogP contribution in [0.25, 0.3) is 11.3 Å². The van der Waals surface area contributed by atoms with Crippen molar-refractivity contribution in [2.24, 2.45) is 5.10 Å². The van der Waals surface area contributed by atoms with E-state index in [1.807, 2.05) is 37.3 Å². The number of aromatic nitrogens is 1. The van der Waals surface area contributed by atoms with Gasteiger partial charge in [0.25, 0.3) is 0 Å². The highest BCUT2D eigenvalue weighted by atomic mass is 35.5. The number of benzene rings is 3. The molecule has 0 saturated carbocycles. The van der Waals surface area contributed by atoms with Crippen LogP contribution in [0.2, 0.25) is 10.0 Å². The number of nitrogens with zero attached hydrogens (tertiary/aromatic N) is 2. The summed E-state index contributed by atoms with van der Waals surface area (Å²) in [5, 5.41) is 5.64. The molecule has 1 heterocycles. The molecule has 0 aliphatic rings. The Morgan fingerprint density at radius 3 is 2.50 bits per heavy atom. The van der Waals surface area contributed by atoms with E-state index in [0.29, 0.717) is 26.5 Å². The van der Waals surface area contributed by atoms with Gasteiger partial charge in [0.2, 0.25) is 5.13 Å². The van der Waals surface area contributed by atoms with Crippen LogP contribution in [-0.4, -0.2) is 17.2 Å². The van der Waals surface area contributed by atoms with Gasteiger partial charge >= 0.3 is 5.97 Å². The number of halogens is 2. The van der Waals surface area contributed by atoms with E-state index in [-0.39, 0.29) is 0 Å². The minimum Gasteiger partial charge on any atom is -0.423 e. The maximum atomic E-state index is 12.3. The maximum Gasteiger partial charge on any atom is 0.343 e. The van der Waals surface area contributed by atoms with Crippen molar-refractivity contribution in [3.8, 4) is 17.0 Å². The van der Waals surface area contributed by atoms with E-state index in [4.69, 9.17) is 27.9 Å². The molecule has 0 aliphatic carbocycles. The number of anilines is 1. The molecular weight excluding hydrogens is 465 g/mol. The number of hydrazone groups is 1. The van der Waals surface area contributed by atoms with Crippen LogP contribution in [0.5, 0.6) is 5.75 Å². The summed E-state index contributed by atoms with van der Waals surface area (Å²) >= 11 is 13.4. The quantitative estimate of drug-likeness (QED) is 0.138. The van der Waals surface area contributed by atoms with E-state index >= 15 is 0 Å². The van der Waals surface area contributed by atoms with E-state index in [1.165, 1.54) is 6.07 Å². The van der Waals surface area contributed by atoms with Crippen LogP contribution in [0, 0.1) is 6.92 Å². The lowest BCUT2D eigenvalue weighted by molar-refractivity contribution is 0.0735. The summed E-state index contributed by atoms with van der Waals surface area (Å²) in [7, 11) is 0. The molecule has 3 aromatic carbocycles. The average Bonchev–Trinajstić information content (AvgIpc) is 3.17. The number of carbonyl (C=O) groups excluding carboxylic acids is 1. The van der Waals surface area contributed by atoms with Gasteiger partial charge < -0.3 is 4.74 Å². The number of esters is 1. The fourth-order valence-electron chi connectivity index (χ4n) is 2.88.